The van der Waals surface area contributed by atoms with Crippen LogP contribution in [0.3, 0.4) is 0 Å². The molecular formula is C13H20N6. The van der Waals surface area contributed by atoms with E-state index in [0.29, 0.717) is 0 Å². The zero-order chi connectivity index (χ0) is 13.8. The molecule has 1 aliphatic heterocycles. The SMILES string of the molecule is Cc1c(N=C(N)N=C(N)N)cccc1N1CCCC1. The van der Waals surface area contributed by atoms with Crippen molar-refractivity contribution in [1.82, 2.24) is 0 Å². The Morgan fingerprint density at radius 2 is 1.84 bits per heavy atom. The Morgan fingerprint density at radius 1 is 1.16 bits per heavy atom. The van der Waals surface area contributed by atoms with E-state index < -0.39 is 0 Å². The van der Waals surface area contributed by atoms with Crippen molar-refractivity contribution in [2.45, 2.75) is 19.8 Å². The van der Waals surface area contributed by atoms with Crippen molar-refractivity contribution < 1.29 is 0 Å². The third-order valence-electron chi connectivity index (χ3n) is 3.20. The van der Waals surface area contributed by atoms with Gasteiger partial charge in [0.2, 0.25) is 5.96 Å². The first-order chi connectivity index (χ1) is 9.08. The molecule has 0 unspecified atom stereocenters. The second-order valence-electron chi connectivity index (χ2n) is 4.62. The third-order valence-corrected chi connectivity index (χ3v) is 3.20. The van der Waals surface area contributed by atoms with E-state index in [9.17, 15) is 0 Å². The van der Waals surface area contributed by atoms with E-state index in [1.54, 1.807) is 0 Å². The smallest absolute Gasteiger partial charge is 0.223 e. The van der Waals surface area contributed by atoms with E-state index in [2.05, 4.69) is 21.0 Å². The van der Waals surface area contributed by atoms with Gasteiger partial charge in [0.05, 0.1) is 5.69 Å². The van der Waals surface area contributed by atoms with Gasteiger partial charge in [0.25, 0.3) is 0 Å². The average molecular weight is 260 g/mol. The van der Waals surface area contributed by atoms with Gasteiger partial charge >= 0.3 is 0 Å². The standard InChI is InChI=1S/C13H20N6/c1-9-10(17-13(16)18-12(14)15)5-4-6-11(9)19-7-2-3-8-19/h4-6H,2-3,7-8H2,1H3,(H6,14,15,16,17,18). The summed E-state index contributed by atoms with van der Waals surface area (Å²) in [6.07, 6.45) is 2.48. The maximum absolute atomic E-state index is 5.67. The fourth-order valence-corrected chi connectivity index (χ4v) is 2.31. The minimum Gasteiger partial charge on any atom is -0.371 e. The number of hydrogen-bond donors (Lipinski definition) is 3. The van der Waals surface area contributed by atoms with Crippen molar-refractivity contribution >= 4 is 23.3 Å². The molecule has 19 heavy (non-hydrogen) atoms. The topological polar surface area (TPSA) is 106 Å². The van der Waals surface area contributed by atoms with Crippen LogP contribution in [0.25, 0.3) is 0 Å². The summed E-state index contributed by atoms with van der Waals surface area (Å²) in [5, 5.41) is 0. The fourth-order valence-electron chi connectivity index (χ4n) is 2.31. The molecule has 1 aliphatic rings. The van der Waals surface area contributed by atoms with Crippen molar-refractivity contribution in [2.24, 2.45) is 27.2 Å². The molecule has 1 aromatic carbocycles. The van der Waals surface area contributed by atoms with Crippen LogP contribution >= 0.6 is 0 Å². The maximum atomic E-state index is 5.67. The van der Waals surface area contributed by atoms with Crippen molar-refractivity contribution in [1.29, 1.82) is 0 Å². The lowest BCUT2D eigenvalue weighted by Crippen LogP contribution is -2.26. The minimum absolute atomic E-state index is 0.0710. The molecule has 1 heterocycles. The predicted octanol–water partition coefficient (Wildman–Crippen LogP) is 0.815. The number of hydrogen-bond acceptors (Lipinski definition) is 2. The van der Waals surface area contributed by atoms with Crippen LogP contribution in [0.4, 0.5) is 11.4 Å². The van der Waals surface area contributed by atoms with Gasteiger partial charge in [-0.05, 0) is 37.5 Å². The first-order valence-electron chi connectivity index (χ1n) is 6.36. The Balaban J connectivity index is 2.32. The van der Waals surface area contributed by atoms with Crippen molar-refractivity contribution in [3.63, 3.8) is 0 Å². The molecule has 6 nitrogen and oxygen atoms in total. The molecule has 6 N–H and O–H groups in total. The van der Waals surface area contributed by atoms with Crippen LogP contribution in [0.1, 0.15) is 18.4 Å². The highest BCUT2D eigenvalue weighted by molar-refractivity contribution is 5.93. The second-order valence-corrected chi connectivity index (χ2v) is 4.62. The zero-order valence-electron chi connectivity index (χ0n) is 11.1. The lowest BCUT2D eigenvalue weighted by Gasteiger charge is -2.20. The molecule has 0 bridgehead atoms. The van der Waals surface area contributed by atoms with Gasteiger partial charge in [0.1, 0.15) is 0 Å². The molecule has 1 fully saturated rings. The van der Waals surface area contributed by atoms with Gasteiger partial charge in [-0.15, -0.1) is 0 Å². The summed E-state index contributed by atoms with van der Waals surface area (Å²) in [5.74, 6) is -0.0173. The number of anilines is 1. The Morgan fingerprint density at radius 3 is 2.47 bits per heavy atom. The predicted molar refractivity (Wildman–Crippen MR) is 79.7 cm³/mol. The average Bonchev–Trinajstić information content (AvgIpc) is 2.84. The summed E-state index contributed by atoms with van der Waals surface area (Å²) in [7, 11) is 0. The molecule has 1 aromatic rings. The van der Waals surface area contributed by atoms with Gasteiger partial charge in [0.15, 0.2) is 5.96 Å². The van der Waals surface area contributed by atoms with Gasteiger partial charge in [-0.25, -0.2) is 4.99 Å². The maximum Gasteiger partial charge on any atom is 0.223 e. The Hall–Kier alpha value is -2.24. The molecule has 102 valence electrons. The number of rotatable bonds is 2. The van der Waals surface area contributed by atoms with E-state index in [4.69, 9.17) is 17.2 Å². The third kappa shape index (κ3) is 3.15. The quantitative estimate of drug-likeness (QED) is 0.540. The van der Waals surface area contributed by atoms with Crippen LogP contribution in [0.5, 0.6) is 0 Å². The second kappa shape index (κ2) is 5.60. The monoisotopic (exact) mass is 260 g/mol. The van der Waals surface area contributed by atoms with Crippen molar-refractivity contribution in [3.8, 4) is 0 Å². The molecule has 0 saturated carbocycles. The molecule has 0 spiro atoms. The van der Waals surface area contributed by atoms with Crippen LogP contribution < -0.4 is 22.1 Å². The van der Waals surface area contributed by atoms with E-state index in [0.717, 1.165) is 24.3 Å². The van der Waals surface area contributed by atoms with E-state index in [1.807, 2.05) is 19.1 Å². The summed E-state index contributed by atoms with van der Waals surface area (Å²) in [6, 6.07) is 5.99. The summed E-state index contributed by atoms with van der Waals surface area (Å²) < 4.78 is 0. The number of guanidine groups is 2. The summed E-state index contributed by atoms with van der Waals surface area (Å²) in [5.41, 5.74) is 19.3. The van der Waals surface area contributed by atoms with Gasteiger partial charge in [0, 0.05) is 18.8 Å². The Bertz CT molecular complexity index is 510. The van der Waals surface area contributed by atoms with Gasteiger partial charge in [-0.2, -0.15) is 4.99 Å². The minimum atomic E-state index is -0.0883. The van der Waals surface area contributed by atoms with Crippen LogP contribution in [0.15, 0.2) is 28.2 Å². The van der Waals surface area contributed by atoms with Gasteiger partial charge in [-0.1, -0.05) is 6.07 Å². The molecule has 1 saturated heterocycles. The summed E-state index contributed by atoms with van der Waals surface area (Å²) >= 11 is 0. The number of aliphatic imine (C=N–C) groups is 2. The number of benzene rings is 1. The van der Waals surface area contributed by atoms with Crippen LogP contribution in [-0.2, 0) is 0 Å². The highest BCUT2D eigenvalue weighted by Gasteiger charge is 2.15. The first kappa shape index (κ1) is 13.2. The summed E-state index contributed by atoms with van der Waals surface area (Å²) in [6.45, 7) is 4.23. The fraction of sp³-hybridized carbons (Fsp3) is 0.385. The van der Waals surface area contributed by atoms with Crippen LogP contribution in [0, 0.1) is 6.92 Å². The summed E-state index contributed by atoms with van der Waals surface area (Å²) in [4.78, 5) is 10.3. The van der Waals surface area contributed by atoms with E-state index >= 15 is 0 Å². The molecule has 6 heteroatoms. The van der Waals surface area contributed by atoms with Crippen LogP contribution in [-0.4, -0.2) is 25.0 Å². The van der Waals surface area contributed by atoms with Crippen molar-refractivity contribution in [3.05, 3.63) is 23.8 Å². The van der Waals surface area contributed by atoms with Gasteiger partial charge in [-0.3, -0.25) is 0 Å². The van der Waals surface area contributed by atoms with E-state index in [1.165, 1.54) is 18.5 Å². The zero-order valence-corrected chi connectivity index (χ0v) is 11.1. The Kier molecular flexibility index (Phi) is 3.89. The molecule has 0 atom stereocenters. The Labute approximate surface area is 113 Å². The lowest BCUT2D eigenvalue weighted by atomic mass is 10.1. The van der Waals surface area contributed by atoms with Gasteiger partial charge < -0.3 is 22.1 Å². The number of nitrogens with two attached hydrogens (primary N) is 3. The largest absolute Gasteiger partial charge is 0.371 e. The molecular weight excluding hydrogens is 240 g/mol. The molecule has 0 amide bonds. The number of nitrogens with zero attached hydrogens (tertiary/aromatic N) is 3. The molecule has 0 radical (unpaired) electrons. The molecule has 0 aromatic heterocycles. The first-order valence-corrected chi connectivity index (χ1v) is 6.36. The van der Waals surface area contributed by atoms with E-state index in [-0.39, 0.29) is 11.9 Å². The van der Waals surface area contributed by atoms with Crippen LogP contribution in [0.2, 0.25) is 0 Å². The normalized spacial score (nSPS) is 15.6. The lowest BCUT2D eigenvalue weighted by molar-refractivity contribution is 0.949. The highest BCUT2D eigenvalue weighted by atomic mass is 15.1. The molecule has 0 aliphatic carbocycles. The molecule has 2 rings (SSSR count). The van der Waals surface area contributed by atoms with Crippen molar-refractivity contribution in [2.75, 3.05) is 18.0 Å². The highest BCUT2D eigenvalue weighted by Crippen LogP contribution is 2.30.